The Morgan fingerprint density at radius 3 is 2.52 bits per heavy atom. The van der Waals surface area contributed by atoms with Crippen molar-refractivity contribution >= 4 is 11.6 Å². The highest BCUT2D eigenvalue weighted by Gasteiger charge is 2.65. The Hall–Kier alpha value is -2.95. The maximum atomic E-state index is 14.5. The minimum Gasteiger partial charge on any atom is -0.490 e. The highest BCUT2D eigenvalue weighted by molar-refractivity contribution is 5.95. The SMILES string of the molecule is CCOc1c([C@@H]2[C@@H](C(=O)Nc3ccn(C)c(=O)c3)O[C@](C)(C(F)(F)F)[C@@H]2C)ccc(F)c1F. The van der Waals surface area contributed by atoms with Crippen LogP contribution in [0.15, 0.2) is 35.3 Å². The lowest BCUT2D eigenvalue weighted by atomic mass is 9.77. The molecular formula is C22H23F5N2O4. The van der Waals surface area contributed by atoms with Gasteiger partial charge in [0.1, 0.15) is 6.10 Å². The molecule has 1 saturated heterocycles. The van der Waals surface area contributed by atoms with Crippen molar-refractivity contribution in [1.82, 2.24) is 4.57 Å². The van der Waals surface area contributed by atoms with Gasteiger partial charge in [-0.05, 0) is 26.0 Å². The summed E-state index contributed by atoms with van der Waals surface area (Å²) in [6, 6.07) is 4.34. The highest BCUT2D eigenvalue weighted by atomic mass is 19.4. The fourth-order valence-electron chi connectivity index (χ4n) is 3.96. The van der Waals surface area contributed by atoms with Crippen LogP contribution in [0.1, 0.15) is 32.3 Å². The first-order valence-electron chi connectivity index (χ1n) is 10.1. The number of halogens is 5. The number of aromatic nitrogens is 1. The molecular weight excluding hydrogens is 451 g/mol. The van der Waals surface area contributed by atoms with E-state index in [-0.39, 0.29) is 17.9 Å². The summed E-state index contributed by atoms with van der Waals surface area (Å²) in [7, 11) is 1.48. The summed E-state index contributed by atoms with van der Waals surface area (Å²) in [4.78, 5) is 24.9. The number of hydrogen-bond donors (Lipinski definition) is 1. The van der Waals surface area contributed by atoms with Gasteiger partial charge in [0.15, 0.2) is 17.2 Å². The van der Waals surface area contributed by atoms with Crippen molar-refractivity contribution < 1.29 is 36.2 Å². The van der Waals surface area contributed by atoms with Gasteiger partial charge in [0.25, 0.3) is 11.5 Å². The summed E-state index contributed by atoms with van der Waals surface area (Å²) >= 11 is 0. The summed E-state index contributed by atoms with van der Waals surface area (Å²) in [6.45, 7) is 3.44. The van der Waals surface area contributed by atoms with Crippen LogP contribution >= 0.6 is 0 Å². The molecule has 6 nitrogen and oxygen atoms in total. The van der Waals surface area contributed by atoms with Crippen LogP contribution < -0.4 is 15.6 Å². The van der Waals surface area contributed by atoms with Crippen molar-refractivity contribution in [2.24, 2.45) is 13.0 Å². The van der Waals surface area contributed by atoms with E-state index in [1.807, 2.05) is 0 Å². The lowest BCUT2D eigenvalue weighted by Gasteiger charge is -2.32. The first-order chi connectivity index (χ1) is 15.3. The molecule has 0 radical (unpaired) electrons. The van der Waals surface area contributed by atoms with E-state index in [1.54, 1.807) is 0 Å². The molecule has 1 aromatic heterocycles. The summed E-state index contributed by atoms with van der Waals surface area (Å²) in [5, 5.41) is 2.39. The number of aryl methyl sites for hydroxylation is 1. The molecule has 0 unspecified atom stereocenters. The molecule has 1 aromatic carbocycles. The monoisotopic (exact) mass is 474 g/mol. The van der Waals surface area contributed by atoms with Gasteiger partial charge in [-0.1, -0.05) is 13.0 Å². The lowest BCUT2D eigenvalue weighted by Crippen LogP contribution is -2.47. The molecule has 1 fully saturated rings. The number of alkyl halides is 3. The van der Waals surface area contributed by atoms with E-state index in [2.05, 4.69) is 5.32 Å². The standard InChI is InChI=1S/C22H23F5N2O4/c1-5-32-18-13(6-7-14(23)17(18)24)16-11(2)21(3,22(25,26)27)33-19(16)20(31)28-12-8-9-29(4)15(30)10-12/h6-11,16,19H,5H2,1-4H3,(H,28,31)/t11-,16-,19+,21+/m1/s1. The largest absolute Gasteiger partial charge is 0.490 e. The molecule has 1 amide bonds. The highest BCUT2D eigenvalue weighted by Crippen LogP contribution is 2.55. The van der Waals surface area contributed by atoms with E-state index in [0.29, 0.717) is 0 Å². The van der Waals surface area contributed by atoms with Crippen molar-refractivity contribution in [2.75, 3.05) is 11.9 Å². The van der Waals surface area contributed by atoms with Gasteiger partial charge in [-0.2, -0.15) is 17.6 Å². The number of rotatable bonds is 5. The number of nitrogens with zero attached hydrogens (tertiary/aromatic N) is 1. The number of ether oxygens (including phenoxy) is 2. The number of amides is 1. The number of hydrogen-bond acceptors (Lipinski definition) is 4. The summed E-state index contributed by atoms with van der Waals surface area (Å²) in [6.07, 6.45) is -5.23. The molecule has 2 heterocycles. The van der Waals surface area contributed by atoms with Crippen molar-refractivity contribution in [3.63, 3.8) is 0 Å². The third kappa shape index (κ3) is 4.33. The van der Waals surface area contributed by atoms with Crippen LogP contribution in [0, 0.1) is 17.6 Å². The molecule has 33 heavy (non-hydrogen) atoms. The van der Waals surface area contributed by atoms with E-state index in [1.165, 1.54) is 37.7 Å². The lowest BCUT2D eigenvalue weighted by molar-refractivity contribution is -0.272. The van der Waals surface area contributed by atoms with Gasteiger partial charge < -0.3 is 19.4 Å². The first kappa shape index (κ1) is 24.7. The van der Waals surface area contributed by atoms with Crippen LogP contribution in [-0.2, 0) is 16.6 Å². The van der Waals surface area contributed by atoms with E-state index < -0.39 is 58.6 Å². The Bertz CT molecular complexity index is 1120. The zero-order chi connectivity index (χ0) is 24.7. The second-order valence-corrected chi connectivity index (χ2v) is 8.02. The zero-order valence-electron chi connectivity index (χ0n) is 18.3. The molecule has 2 aromatic rings. The van der Waals surface area contributed by atoms with Gasteiger partial charge in [0.05, 0.1) is 6.61 Å². The van der Waals surface area contributed by atoms with Gasteiger partial charge in [-0.15, -0.1) is 0 Å². The van der Waals surface area contributed by atoms with Gasteiger partial charge in [0.2, 0.25) is 5.82 Å². The van der Waals surface area contributed by atoms with Crippen molar-refractivity contribution in [1.29, 1.82) is 0 Å². The first-order valence-corrected chi connectivity index (χ1v) is 10.1. The summed E-state index contributed by atoms with van der Waals surface area (Å²) in [5.41, 5.74) is -3.29. The minimum atomic E-state index is -4.87. The van der Waals surface area contributed by atoms with Gasteiger partial charge >= 0.3 is 6.18 Å². The average molecular weight is 474 g/mol. The van der Waals surface area contributed by atoms with Gasteiger partial charge in [-0.25, -0.2) is 4.39 Å². The predicted octanol–water partition coefficient (Wildman–Crippen LogP) is 4.14. The van der Waals surface area contributed by atoms with Crippen molar-refractivity contribution in [2.45, 2.75) is 44.6 Å². The zero-order valence-corrected chi connectivity index (χ0v) is 18.3. The van der Waals surface area contributed by atoms with E-state index in [0.717, 1.165) is 25.1 Å². The summed E-state index contributed by atoms with van der Waals surface area (Å²) in [5.74, 6) is -6.86. The maximum Gasteiger partial charge on any atom is 0.417 e. The molecule has 0 aliphatic carbocycles. The van der Waals surface area contributed by atoms with E-state index in [9.17, 15) is 31.5 Å². The minimum absolute atomic E-state index is 0.0500. The second-order valence-electron chi connectivity index (χ2n) is 8.02. The Balaban J connectivity index is 2.10. The molecule has 180 valence electrons. The average Bonchev–Trinajstić information content (AvgIpc) is 3.01. The van der Waals surface area contributed by atoms with Gasteiger partial charge in [-0.3, -0.25) is 9.59 Å². The number of nitrogens with one attached hydrogen (secondary N) is 1. The van der Waals surface area contributed by atoms with Crippen LogP contribution in [0.5, 0.6) is 5.75 Å². The van der Waals surface area contributed by atoms with Crippen LogP contribution in [0.2, 0.25) is 0 Å². The fraction of sp³-hybridized carbons (Fsp3) is 0.455. The molecule has 0 saturated carbocycles. The van der Waals surface area contributed by atoms with Crippen molar-refractivity contribution in [3.05, 3.63) is 58.0 Å². The molecule has 1 N–H and O–H groups in total. The van der Waals surface area contributed by atoms with Crippen molar-refractivity contribution in [3.8, 4) is 5.75 Å². The molecule has 0 bridgehead atoms. The smallest absolute Gasteiger partial charge is 0.417 e. The Morgan fingerprint density at radius 2 is 1.94 bits per heavy atom. The Morgan fingerprint density at radius 1 is 1.27 bits per heavy atom. The Kier molecular flexibility index (Phi) is 6.56. The topological polar surface area (TPSA) is 69.6 Å². The van der Waals surface area contributed by atoms with Crippen LogP contribution in [0.25, 0.3) is 0 Å². The summed E-state index contributed by atoms with van der Waals surface area (Å²) < 4.78 is 82.0. The Labute approximate surface area is 186 Å². The van der Waals surface area contributed by atoms with Crippen LogP contribution in [0.3, 0.4) is 0 Å². The number of carbonyl (C=O) groups is 1. The fourth-order valence-corrected chi connectivity index (χ4v) is 3.96. The van der Waals surface area contributed by atoms with Gasteiger partial charge in [0, 0.05) is 42.4 Å². The molecule has 4 atom stereocenters. The number of anilines is 1. The van der Waals surface area contributed by atoms with Crippen LogP contribution in [-0.4, -0.2) is 35.0 Å². The number of benzene rings is 1. The number of carbonyl (C=O) groups excluding carboxylic acids is 1. The predicted molar refractivity (Wildman–Crippen MR) is 109 cm³/mol. The van der Waals surface area contributed by atoms with Crippen LogP contribution in [0.4, 0.5) is 27.6 Å². The molecule has 11 heteroatoms. The van der Waals surface area contributed by atoms with E-state index in [4.69, 9.17) is 9.47 Å². The number of pyridine rings is 1. The second kappa shape index (κ2) is 8.77. The maximum absolute atomic E-state index is 14.5. The third-order valence-corrected chi connectivity index (χ3v) is 6.03. The van der Waals surface area contributed by atoms with E-state index >= 15 is 0 Å². The molecule has 1 aliphatic rings. The molecule has 0 spiro atoms. The third-order valence-electron chi connectivity index (χ3n) is 6.03. The normalized spacial score (nSPS) is 25.2. The molecule has 3 rings (SSSR count). The quantitative estimate of drug-likeness (QED) is 0.662. The molecule has 1 aliphatic heterocycles.